The summed E-state index contributed by atoms with van der Waals surface area (Å²) in [5.74, 6) is 1.95. The molecule has 150 valence electrons. The zero-order valence-corrected chi connectivity index (χ0v) is 19.9. The molecule has 1 aliphatic rings. The fourth-order valence-corrected chi connectivity index (χ4v) is 4.04. The lowest BCUT2D eigenvalue weighted by molar-refractivity contribution is 0.196. The molecular weight excluding hydrogens is 312 g/mol. The summed E-state index contributed by atoms with van der Waals surface area (Å²) in [4.78, 5) is 0. The van der Waals surface area contributed by atoms with Gasteiger partial charge in [-0.2, -0.15) is 0 Å². The maximum Gasteiger partial charge on any atom is 0.0115 e. The molecule has 26 heavy (non-hydrogen) atoms. The van der Waals surface area contributed by atoms with E-state index in [-0.39, 0.29) is 10.8 Å². The minimum atomic E-state index is 0.153. The average Bonchev–Trinajstić information content (AvgIpc) is 2.95. The molecule has 0 aromatic heterocycles. The fourth-order valence-electron chi connectivity index (χ4n) is 4.04. The van der Waals surface area contributed by atoms with E-state index in [0.717, 1.165) is 11.8 Å². The third-order valence-electron chi connectivity index (χ3n) is 5.33. The van der Waals surface area contributed by atoms with Crippen LogP contribution >= 0.6 is 0 Å². The molecule has 1 saturated carbocycles. The molecule has 1 aromatic carbocycles. The molecule has 0 aliphatic heterocycles. The van der Waals surface area contributed by atoms with Crippen LogP contribution in [0.5, 0.6) is 0 Å². The van der Waals surface area contributed by atoms with E-state index in [1.165, 1.54) is 30.4 Å². The van der Waals surface area contributed by atoms with Crippen molar-refractivity contribution in [3.8, 4) is 0 Å². The van der Waals surface area contributed by atoms with Gasteiger partial charge in [0.2, 0.25) is 0 Å². The fraction of sp³-hybridized carbons (Fsp3) is 0.769. The lowest BCUT2D eigenvalue weighted by atomic mass is 9.75. The van der Waals surface area contributed by atoms with E-state index in [1.54, 1.807) is 0 Å². The minimum absolute atomic E-state index is 0.153. The summed E-state index contributed by atoms with van der Waals surface area (Å²) in [6.07, 6.45) is 4.38. The summed E-state index contributed by atoms with van der Waals surface area (Å²) in [7, 11) is 0. The van der Waals surface area contributed by atoms with Crippen LogP contribution < -0.4 is 0 Å². The van der Waals surface area contributed by atoms with Crippen molar-refractivity contribution in [1.29, 1.82) is 0 Å². The van der Waals surface area contributed by atoms with E-state index in [1.807, 2.05) is 19.9 Å². The van der Waals surface area contributed by atoms with Gasteiger partial charge in [-0.1, -0.05) is 108 Å². The highest BCUT2D eigenvalue weighted by atomic mass is 14.4. The van der Waals surface area contributed by atoms with Crippen LogP contribution in [0.15, 0.2) is 12.1 Å². The predicted molar refractivity (Wildman–Crippen MR) is 119 cm³/mol. The molecule has 0 amide bonds. The zero-order chi connectivity index (χ0) is 20.8. The Morgan fingerprint density at radius 1 is 0.846 bits per heavy atom. The molecule has 1 aromatic rings. The Morgan fingerprint density at radius 3 is 1.65 bits per heavy atom. The van der Waals surface area contributed by atoms with Crippen molar-refractivity contribution in [2.24, 2.45) is 17.3 Å². The second kappa shape index (κ2) is 9.82. The Labute approximate surface area is 166 Å². The second-order valence-corrected chi connectivity index (χ2v) is 10.8. The first-order chi connectivity index (χ1) is 11.7. The lowest BCUT2D eigenvalue weighted by Crippen LogP contribution is -2.22. The van der Waals surface area contributed by atoms with Gasteiger partial charge in [-0.25, -0.2) is 0 Å². The molecule has 0 bridgehead atoms. The SMILES string of the molecule is CC.CC(C)(C)c1c#cccc1C(C)(C)C.CC1CCCC1C(C)(C)C. The van der Waals surface area contributed by atoms with Gasteiger partial charge in [0.25, 0.3) is 0 Å². The number of hydrogen-bond acceptors (Lipinski definition) is 0. The van der Waals surface area contributed by atoms with Gasteiger partial charge >= 0.3 is 0 Å². The molecule has 1 fully saturated rings. The standard InChI is InChI=1S/C14H20.C10H20.C2H6/c1-13(2,3)11-9-7-8-10-12(11)14(4,5)6;1-8-6-5-7-9(8)10(2,3)4;1-2/h7,9H,1-6H3;8-9H,5-7H2,1-4H3;1-2H3. The molecule has 0 spiro atoms. The van der Waals surface area contributed by atoms with E-state index < -0.39 is 0 Å². The molecule has 0 nitrogen and oxygen atoms in total. The van der Waals surface area contributed by atoms with E-state index in [0.29, 0.717) is 5.41 Å². The van der Waals surface area contributed by atoms with Crippen molar-refractivity contribution in [2.75, 3.05) is 0 Å². The van der Waals surface area contributed by atoms with Gasteiger partial charge in [0, 0.05) is 5.56 Å². The summed E-state index contributed by atoms with van der Waals surface area (Å²) in [6, 6.07) is 10.4. The highest BCUT2D eigenvalue weighted by molar-refractivity contribution is 5.34. The van der Waals surface area contributed by atoms with E-state index in [4.69, 9.17) is 0 Å². The highest BCUT2D eigenvalue weighted by Gasteiger charge is 2.32. The second-order valence-electron chi connectivity index (χ2n) is 10.8. The van der Waals surface area contributed by atoms with Gasteiger partial charge in [-0.05, 0) is 52.2 Å². The molecule has 0 N–H and O–H groups in total. The van der Waals surface area contributed by atoms with Gasteiger partial charge < -0.3 is 0 Å². The monoisotopic (exact) mass is 358 g/mol. The normalized spacial score (nSPS) is 20.3. The van der Waals surface area contributed by atoms with Crippen molar-refractivity contribution >= 4 is 0 Å². The Balaban J connectivity index is 0.000000458. The van der Waals surface area contributed by atoms with Crippen LogP contribution in [0.4, 0.5) is 0 Å². The Hall–Kier alpha value is -0.960. The van der Waals surface area contributed by atoms with Crippen LogP contribution in [0.1, 0.15) is 113 Å². The Kier molecular flexibility index (Phi) is 9.46. The van der Waals surface area contributed by atoms with Crippen molar-refractivity contribution < 1.29 is 0 Å². The number of hydrogen-bond donors (Lipinski definition) is 0. The summed E-state index contributed by atoms with van der Waals surface area (Å²) in [5, 5.41) is 0. The van der Waals surface area contributed by atoms with Gasteiger partial charge in [0.1, 0.15) is 0 Å². The summed E-state index contributed by atoms with van der Waals surface area (Å²) < 4.78 is 0. The average molecular weight is 359 g/mol. The third kappa shape index (κ3) is 7.73. The summed E-state index contributed by atoms with van der Waals surface area (Å²) in [6.45, 7) is 26.9. The van der Waals surface area contributed by atoms with Crippen molar-refractivity contribution in [3.63, 3.8) is 0 Å². The maximum absolute atomic E-state index is 3.26. The molecule has 2 unspecified atom stereocenters. The van der Waals surface area contributed by atoms with E-state index >= 15 is 0 Å². The maximum atomic E-state index is 3.26. The molecule has 2 rings (SSSR count). The molecule has 0 saturated heterocycles. The van der Waals surface area contributed by atoms with Gasteiger partial charge in [-0.15, -0.1) is 0 Å². The smallest absolute Gasteiger partial charge is 0.0115 e. The highest BCUT2D eigenvalue weighted by Crippen LogP contribution is 2.42. The van der Waals surface area contributed by atoms with Crippen LogP contribution in [0.25, 0.3) is 0 Å². The molecule has 0 heterocycles. The predicted octanol–water partition coefficient (Wildman–Crippen LogP) is 8.38. The number of rotatable bonds is 0. The van der Waals surface area contributed by atoms with Gasteiger partial charge in [-0.3, -0.25) is 0 Å². The zero-order valence-electron chi connectivity index (χ0n) is 19.9. The first kappa shape index (κ1) is 25.0. The molecule has 1 aliphatic carbocycles. The molecule has 2 atom stereocenters. The van der Waals surface area contributed by atoms with Crippen molar-refractivity contribution in [1.82, 2.24) is 0 Å². The quantitative estimate of drug-likeness (QED) is 0.437. The Bertz CT molecular complexity index is 469. The van der Waals surface area contributed by atoms with Crippen LogP contribution in [0.3, 0.4) is 0 Å². The minimum Gasteiger partial charge on any atom is -0.0699 e. The molecule has 0 radical (unpaired) electrons. The van der Waals surface area contributed by atoms with Crippen LogP contribution in [0, 0.1) is 29.4 Å². The molecular formula is C26H46. The van der Waals surface area contributed by atoms with Gasteiger partial charge in [0.15, 0.2) is 0 Å². The Morgan fingerprint density at radius 2 is 1.38 bits per heavy atom. The van der Waals surface area contributed by atoms with E-state index in [9.17, 15) is 0 Å². The van der Waals surface area contributed by atoms with Crippen LogP contribution in [-0.4, -0.2) is 0 Å². The van der Waals surface area contributed by atoms with Crippen molar-refractivity contribution in [3.05, 3.63) is 35.4 Å². The lowest BCUT2D eigenvalue weighted by Gasteiger charge is -2.30. The van der Waals surface area contributed by atoms with Gasteiger partial charge in [0.05, 0.1) is 0 Å². The summed E-state index contributed by atoms with van der Waals surface area (Å²) in [5.41, 5.74) is 3.56. The summed E-state index contributed by atoms with van der Waals surface area (Å²) >= 11 is 0. The van der Waals surface area contributed by atoms with Crippen LogP contribution in [0.2, 0.25) is 0 Å². The van der Waals surface area contributed by atoms with E-state index in [2.05, 4.69) is 87.4 Å². The third-order valence-corrected chi connectivity index (χ3v) is 5.33. The first-order valence-corrected chi connectivity index (χ1v) is 10.7. The first-order valence-electron chi connectivity index (χ1n) is 10.7. The van der Waals surface area contributed by atoms with Crippen molar-refractivity contribution in [2.45, 2.75) is 113 Å². The molecule has 0 heteroatoms. The topological polar surface area (TPSA) is 0 Å². The largest absolute Gasteiger partial charge is 0.0699 e. The van der Waals surface area contributed by atoms with Crippen LogP contribution in [-0.2, 0) is 10.8 Å².